The van der Waals surface area contributed by atoms with Crippen LogP contribution in [0.5, 0.6) is 0 Å². The molecular formula is C24H14N2O. The Hall–Kier alpha value is -3.90. The minimum absolute atomic E-state index is 0.557. The molecule has 0 aliphatic carbocycles. The van der Waals surface area contributed by atoms with E-state index in [9.17, 15) is 5.26 Å². The average Bonchev–Trinajstić information content (AvgIpc) is 3.13. The second kappa shape index (κ2) is 6.12. The summed E-state index contributed by atoms with van der Waals surface area (Å²) in [6, 6.07) is 28.1. The van der Waals surface area contributed by atoms with Gasteiger partial charge in [-0.3, -0.25) is 4.98 Å². The van der Waals surface area contributed by atoms with Crippen molar-refractivity contribution in [2.75, 3.05) is 0 Å². The van der Waals surface area contributed by atoms with E-state index in [1.165, 1.54) is 0 Å². The quantitative estimate of drug-likeness (QED) is 0.383. The summed E-state index contributed by atoms with van der Waals surface area (Å²) in [5, 5.41) is 11.8. The molecule has 0 saturated carbocycles. The zero-order valence-corrected chi connectivity index (χ0v) is 14.4. The first kappa shape index (κ1) is 15.4. The Bertz CT molecular complexity index is 1310. The number of aromatic nitrogens is 1. The molecule has 0 N–H and O–H groups in total. The van der Waals surface area contributed by atoms with Crippen molar-refractivity contribution < 1.29 is 4.42 Å². The molecule has 5 rings (SSSR count). The molecule has 0 aliphatic heterocycles. The van der Waals surface area contributed by atoms with E-state index in [2.05, 4.69) is 11.1 Å². The summed E-state index contributed by atoms with van der Waals surface area (Å²) in [4.78, 5) is 4.45. The van der Waals surface area contributed by atoms with Crippen molar-refractivity contribution in [3.63, 3.8) is 0 Å². The van der Waals surface area contributed by atoms with Gasteiger partial charge in [0.1, 0.15) is 17.2 Å². The summed E-state index contributed by atoms with van der Waals surface area (Å²) in [6.45, 7) is 0. The summed E-state index contributed by atoms with van der Waals surface area (Å²) < 4.78 is 6.26. The lowest BCUT2D eigenvalue weighted by molar-refractivity contribution is 0.668. The Morgan fingerprint density at radius 1 is 0.704 bits per heavy atom. The normalized spacial score (nSPS) is 10.9. The molecule has 2 aromatic heterocycles. The predicted octanol–water partition coefficient (Wildman–Crippen LogP) is 6.19. The molecule has 3 heteroatoms. The minimum atomic E-state index is 0.557. The molecule has 0 bridgehead atoms. The van der Waals surface area contributed by atoms with E-state index in [4.69, 9.17) is 4.42 Å². The van der Waals surface area contributed by atoms with E-state index in [1.54, 1.807) is 6.20 Å². The van der Waals surface area contributed by atoms with Crippen LogP contribution in [0.1, 0.15) is 5.56 Å². The van der Waals surface area contributed by atoms with E-state index < -0.39 is 0 Å². The van der Waals surface area contributed by atoms with E-state index in [1.807, 2.05) is 78.9 Å². The SMILES string of the molecule is N#Cc1c(-c2ccccc2)ccc2c1oc1c(-c3ccccn3)cccc12. The van der Waals surface area contributed by atoms with Crippen LogP contribution in [0.2, 0.25) is 0 Å². The summed E-state index contributed by atoms with van der Waals surface area (Å²) in [6.07, 6.45) is 1.77. The Morgan fingerprint density at radius 3 is 2.30 bits per heavy atom. The third-order valence-electron chi connectivity index (χ3n) is 4.80. The first-order valence-electron chi connectivity index (χ1n) is 8.72. The lowest BCUT2D eigenvalue weighted by atomic mass is 9.97. The smallest absolute Gasteiger partial charge is 0.153 e. The van der Waals surface area contributed by atoms with Crippen LogP contribution < -0.4 is 0 Å². The number of rotatable bonds is 2. The Labute approximate surface area is 156 Å². The number of nitrogens with zero attached hydrogens (tertiary/aromatic N) is 2. The van der Waals surface area contributed by atoms with Gasteiger partial charge in [0.25, 0.3) is 0 Å². The number of nitriles is 1. The summed E-state index contributed by atoms with van der Waals surface area (Å²) >= 11 is 0. The van der Waals surface area contributed by atoms with Gasteiger partial charge >= 0.3 is 0 Å². The molecule has 3 aromatic carbocycles. The lowest BCUT2D eigenvalue weighted by Gasteiger charge is -2.04. The Morgan fingerprint density at radius 2 is 1.52 bits per heavy atom. The number of hydrogen-bond donors (Lipinski definition) is 0. The fourth-order valence-corrected chi connectivity index (χ4v) is 3.55. The standard InChI is InChI=1S/C24H14N2O/c25-15-21-17(16-7-2-1-3-8-16)12-13-19-18-9-6-10-20(23(18)27-24(19)21)22-11-4-5-14-26-22/h1-14H. The molecule has 3 nitrogen and oxygen atoms in total. The third kappa shape index (κ3) is 2.39. The summed E-state index contributed by atoms with van der Waals surface area (Å²) in [7, 11) is 0. The van der Waals surface area contributed by atoms with Gasteiger partial charge in [0.05, 0.1) is 5.69 Å². The molecule has 2 heterocycles. The van der Waals surface area contributed by atoms with Gasteiger partial charge in [-0.2, -0.15) is 5.26 Å². The van der Waals surface area contributed by atoms with Gasteiger partial charge in [0.2, 0.25) is 0 Å². The first-order chi connectivity index (χ1) is 13.4. The minimum Gasteiger partial charge on any atom is -0.454 e. The van der Waals surface area contributed by atoms with Crippen molar-refractivity contribution in [1.29, 1.82) is 5.26 Å². The van der Waals surface area contributed by atoms with Crippen molar-refractivity contribution in [3.8, 4) is 28.5 Å². The zero-order chi connectivity index (χ0) is 18.2. The first-order valence-corrected chi connectivity index (χ1v) is 8.72. The number of para-hydroxylation sites is 1. The number of fused-ring (bicyclic) bond motifs is 3. The second-order valence-corrected chi connectivity index (χ2v) is 6.34. The van der Waals surface area contributed by atoms with Crippen LogP contribution in [-0.2, 0) is 0 Å². The molecule has 0 unspecified atom stereocenters. The van der Waals surface area contributed by atoms with Crippen LogP contribution in [0.25, 0.3) is 44.3 Å². The topological polar surface area (TPSA) is 49.8 Å². The Balaban J connectivity index is 1.85. The zero-order valence-electron chi connectivity index (χ0n) is 14.4. The molecule has 0 atom stereocenters. The molecule has 126 valence electrons. The fourth-order valence-electron chi connectivity index (χ4n) is 3.55. The third-order valence-corrected chi connectivity index (χ3v) is 4.80. The van der Waals surface area contributed by atoms with Crippen LogP contribution >= 0.6 is 0 Å². The second-order valence-electron chi connectivity index (χ2n) is 6.34. The number of benzene rings is 3. The molecule has 0 fully saturated rings. The molecule has 5 aromatic rings. The van der Waals surface area contributed by atoms with E-state index in [0.717, 1.165) is 38.7 Å². The maximum Gasteiger partial charge on any atom is 0.153 e. The van der Waals surface area contributed by atoms with Gasteiger partial charge in [-0.15, -0.1) is 0 Å². The molecule has 0 amide bonds. The van der Waals surface area contributed by atoms with E-state index in [-0.39, 0.29) is 0 Å². The fraction of sp³-hybridized carbons (Fsp3) is 0. The van der Waals surface area contributed by atoms with Gasteiger partial charge in [-0.25, -0.2) is 0 Å². The molecule has 0 spiro atoms. The van der Waals surface area contributed by atoms with Gasteiger partial charge in [-0.05, 0) is 29.8 Å². The monoisotopic (exact) mass is 346 g/mol. The van der Waals surface area contributed by atoms with Crippen molar-refractivity contribution in [1.82, 2.24) is 4.98 Å². The van der Waals surface area contributed by atoms with Crippen molar-refractivity contribution >= 4 is 21.9 Å². The van der Waals surface area contributed by atoms with Gasteiger partial charge < -0.3 is 4.42 Å². The highest BCUT2D eigenvalue weighted by Gasteiger charge is 2.18. The molecular weight excluding hydrogens is 332 g/mol. The maximum absolute atomic E-state index is 9.87. The van der Waals surface area contributed by atoms with Crippen LogP contribution in [0.4, 0.5) is 0 Å². The number of hydrogen-bond acceptors (Lipinski definition) is 3. The van der Waals surface area contributed by atoms with E-state index in [0.29, 0.717) is 11.1 Å². The summed E-state index contributed by atoms with van der Waals surface area (Å²) in [5.74, 6) is 0. The Kier molecular flexibility index (Phi) is 3.48. The molecule has 0 saturated heterocycles. The highest BCUT2D eigenvalue weighted by molar-refractivity contribution is 6.11. The van der Waals surface area contributed by atoms with Crippen molar-refractivity contribution in [3.05, 3.63) is 90.6 Å². The van der Waals surface area contributed by atoms with Gasteiger partial charge in [0, 0.05) is 28.1 Å². The molecule has 0 radical (unpaired) electrons. The highest BCUT2D eigenvalue weighted by atomic mass is 16.3. The largest absolute Gasteiger partial charge is 0.454 e. The van der Waals surface area contributed by atoms with E-state index >= 15 is 0 Å². The summed E-state index contributed by atoms with van der Waals surface area (Å²) in [5.41, 5.74) is 5.59. The van der Waals surface area contributed by atoms with Crippen LogP contribution in [-0.4, -0.2) is 4.98 Å². The van der Waals surface area contributed by atoms with Gasteiger partial charge in [-0.1, -0.05) is 54.6 Å². The molecule has 27 heavy (non-hydrogen) atoms. The van der Waals surface area contributed by atoms with Crippen LogP contribution in [0, 0.1) is 11.3 Å². The van der Waals surface area contributed by atoms with Crippen molar-refractivity contribution in [2.45, 2.75) is 0 Å². The van der Waals surface area contributed by atoms with Gasteiger partial charge in [0.15, 0.2) is 5.58 Å². The maximum atomic E-state index is 9.87. The number of furan rings is 1. The number of pyridine rings is 1. The average molecular weight is 346 g/mol. The predicted molar refractivity (Wildman–Crippen MR) is 107 cm³/mol. The van der Waals surface area contributed by atoms with Crippen LogP contribution in [0.3, 0.4) is 0 Å². The molecule has 0 aliphatic rings. The van der Waals surface area contributed by atoms with Crippen molar-refractivity contribution in [2.24, 2.45) is 0 Å². The van der Waals surface area contributed by atoms with Crippen LogP contribution in [0.15, 0.2) is 89.5 Å². The lowest BCUT2D eigenvalue weighted by Crippen LogP contribution is -1.84. The highest BCUT2D eigenvalue weighted by Crippen LogP contribution is 2.39.